The molecule has 0 N–H and O–H groups in total. The first-order valence-corrected chi connectivity index (χ1v) is 11.5. The van der Waals surface area contributed by atoms with E-state index in [2.05, 4.69) is 41.1 Å². The number of benzene rings is 1. The Balaban J connectivity index is 1.41. The lowest BCUT2D eigenvalue weighted by atomic mass is 9.95. The molecule has 0 aliphatic carbocycles. The highest BCUT2D eigenvalue weighted by Crippen LogP contribution is 2.24. The molecular formula is C27H33N3O2. The monoisotopic (exact) mass is 431 g/mol. The van der Waals surface area contributed by atoms with Crippen LogP contribution in [-0.4, -0.2) is 40.3 Å². The molecular weight excluding hydrogens is 398 g/mol. The minimum absolute atomic E-state index is 0.0468. The van der Waals surface area contributed by atoms with E-state index in [0.29, 0.717) is 23.8 Å². The van der Waals surface area contributed by atoms with E-state index in [1.165, 1.54) is 11.1 Å². The molecule has 1 fully saturated rings. The normalized spacial score (nSPS) is 15.1. The van der Waals surface area contributed by atoms with Crippen LogP contribution in [0, 0.1) is 26.7 Å². The van der Waals surface area contributed by atoms with Gasteiger partial charge in [-0.1, -0.05) is 30.3 Å². The summed E-state index contributed by atoms with van der Waals surface area (Å²) in [5.74, 6) is 2.01. The van der Waals surface area contributed by atoms with Crippen LogP contribution in [0.25, 0.3) is 0 Å². The average Bonchev–Trinajstić information content (AvgIpc) is 3.14. The van der Waals surface area contributed by atoms with Gasteiger partial charge in [-0.25, -0.2) is 0 Å². The van der Waals surface area contributed by atoms with Crippen molar-refractivity contribution >= 4 is 5.91 Å². The maximum atomic E-state index is 13.4. The van der Waals surface area contributed by atoms with Crippen LogP contribution < -0.4 is 0 Å². The van der Waals surface area contributed by atoms with Crippen molar-refractivity contribution in [1.82, 2.24) is 14.8 Å². The van der Waals surface area contributed by atoms with Crippen LogP contribution in [-0.2, 0) is 13.1 Å². The topological polar surface area (TPSA) is 49.6 Å². The van der Waals surface area contributed by atoms with Gasteiger partial charge in [-0.3, -0.25) is 14.7 Å². The molecule has 1 aromatic carbocycles. The summed E-state index contributed by atoms with van der Waals surface area (Å²) < 4.78 is 5.64. The number of aryl methyl sites for hydroxylation is 3. The zero-order valence-electron chi connectivity index (χ0n) is 19.4. The summed E-state index contributed by atoms with van der Waals surface area (Å²) in [6.07, 6.45) is 5.82. The lowest BCUT2D eigenvalue weighted by Gasteiger charge is -2.35. The number of pyridine rings is 1. The summed E-state index contributed by atoms with van der Waals surface area (Å²) in [4.78, 5) is 22.2. The van der Waals surface area contributed by atoms with Gasteiger partial charge < -0.3 is 9.32 Å². The highest BCUT2D eigenvalue weighted by Gasteiger charge is 2.26. The van der Waals surface area contributed by atoms with Gasteiger partial charge in [0.1, 0.15) is 11.5 Å². The smallest absolute Gasteiger partial charge is 0.257 e. The Kier molecular flexibility index (Phi) is 7.05. The standard InChI is InChI=1S/C27H33N3O2/c1-20-7-4-5-9-25(20)19-29-13-10-23(11-14-29)17-30(18-24-8-6-12-28-16-24)27(31)26-15-21(2)32-22(26)3/h4-9,12,15-16,23H,10-11,13-14,17-19H2,1-3H3. The molecule has 3 heterocycles. The van der Waals surface area contributed by atoms with E-state index in [-0.39, 0.29) is 5.91 Å². The van der Waals surface area contributed by atoms with Crippen LogP contribution in [0.15, 0.2) is 59.3 Å². The zero-order chi connectivity index (χ0) is 22.5. The maximum Gasteiger partial charge on any atom is 0.257 e. The summed E-state index contributed by atoms with van der Waals surface area (Å²) in [6, 6.07) is 14.5. The molecule has 3 aromatic rings. The van der Waals surface area contributed by atoms with Crippen LogP contribution >= 0.6 is 0 Å². The molecule has 168 valence electrons. The summed E-state index contributed by atoms with van der Waals surface area (Å²) >= 11 is 0. The molecule has 1 saturated heterocycles. The van der Waals surface area contributed by atoms with Gasteiger partial charge in [-0.05, 0) is 81.4 Å². The largest absolute Gasteiger partial charge is 0.466 e. The predicted octanol–water partition coefficient (Wildman–Crippen LogP) is 5.15. The van der Waals surface area contributed by atoms with Crippen LogP contribution in [0.3, 0.4) is 0 Å². The Hall–Kier alpha value is -2.92. The molecule has 32 heavy (non-hydrogen) atoms. The Morgan fingerprint density at radius 2 is 1.91 bits per heavy atom. The Morgan fingerprint density at radius 1 is 1.12 bits per heavy atom. The van der Waals surface area contributed by atoms with Gasteiger partial charge in [-0.2, -0.15) is 0 Å². The van der Waals surface area contributed by atoms with Gasteiger partial charge in [0.2, 0.25) is 0 Å². The molecule has 2 aromatic heterocycles. The van der Waals surface area contributed by atoms with Crippen molar-refractivity contribution in [3.05, 3.63) is 88.6 Å². The lowest BCUT2D eigenvalue weighted by Crippen LogP contribution is -2.40. The molecule has 0 spiro atoms. The molecule has 0 bridgehead atoms. The number of likely N-dealkylation sites (tertiary alicyclic amines) is 1. The number of furan rings is 1. The van der Waals surface area contributed by atoms with E-state index in [4.69, 9.17) is 4.42 Å². The number of carbonyl (C=O) groups excluding carboxylic acids is 1. The minimum atomic E-state index is 0.0468. The van der Waals surface area contributed by atoms with Gasteiger partial charge in [0.15, 0.2) is 0 Å². The number of hydrogen-bond donors (Lipinski definition) is 0. The van der Waals surface area contributed by atoms with Gasteiger partial charge in [0.25, 0.3) is 5.91 Å². The van der Waals surface area contributed by atoms with Crippen molar-refractivity contribution in [3.8, 4) is 0 Å². The fourth-order valence-corrected chi connectivity index (χ4v) is 4.61. The van der Waals surface area contributed by atoms with Gasteiger partial charge in [0, 0.05) is 32.0 Å². The van der Waals surface area contributed by atoms with Crippen LogP contribution in [0.5, 0.6) is 0 Å². The third kappa shape index (κ3) is 5.46. The molecule has 0 atom stereocenters. The molecule has 1 aliphatic rings. The summed E-state index contributed by atoms with van der Waals surface area (Å²) in [6.45, 7) is 10.4. The third-order valence-electron chi connectivity index (χ3n) is 6.50. The van der Waals surface area contributed by atoms with E-state index >= 15 is 0 Å². The van der Waals surface area contributed by atoms with Crippen molar-refractivity contribution in [2.75, 3.05) is 19.6 Å². The first kappa shape index (κ1) is 22.3. The average molecular weight is 432 g/mol. The SMILES string of the molecule is Cc1cc(C(=O)N(Cc2cccnc2)CC2CCN(Cc3ccccc3C)CC2)c(C)o1. The fraction of sp³-hybridized carbons (Fsp3) is 0.407. The van der Waals surface area contributed by atoms with E-state index in [1.54, 1.807) is 6.20 Å². The van der Waals surface area contributed by atoms with Crippen LogP contribution in [0.1, 0.15) is 51.4 Å². The second kappa shape index (κ2) is 10.1. The van der Waals surface area contributed by atoms with E-state index in [9.17, 15) is 4.79 Å². The van der Waals surface area contributed by atoms with Crippen LogP contribution in [0.2, 0.25) is 0 Å². The number of hydrogen-bond acceptors (Lipinski definition) is 4. The fourth-order valence-electron chi connectivity index (χ4n) is 4.61. The quantitative estimate of drug-likeness (QED) is 0.519. The van der Waals surface area contributed by atoms with Crippen molar-refractivity contribution < 1.29 is 9.21 Å². The first-order valence-electron chi connectivity index (χ1n) is 11.5. The second-order valence-corrected chi connectivity index (χ2v) is 9.02. The van der Waals surface area contributed by atoms with Gasteiger partial charge in [-0.15, -0.1) is 0 Å². The lowest BCUT2D eigenvalue weighted by molar-refractivity contribution is 0.0670. The molecule has 0 saturated carbocycles. The first-order chi connectivity index (χ1) is 15.5. The number of aromatic nitrogens is 1. The van der Waals surface area contributed by atoms with Crippen molar-refractivity contribution in [1.29, 1.82) is 0 Å². The molecule has 1 aliphatic heterocycles. The summed E-state index contributed by atoms with van der Waals surface area (Å²) in [7, 11) is 0. The maximum absolute atomic E-state index is 13.4. The number of rotatable bonds is 7. The molecule has 0 radical (unpaired) electrons. The second-order valence-electron chi connectivity index (χ2n) is 9.02. The Morgan fingerprint density at radius 3 is 2.56 bits per heavy atom. The molecule has 0 unspecified atom stereocenters. The Labute approximate surface area is 191 Å². The third-order valence-corrected chi connectivity index (χ3v) is 6.50. The van der Waals surface area contributed by atoms with Crippen molar-refractivity contribution in [2.24, 2.45) is 5.92 Å². The number of carbonyl (C=O) groups is 1. The number of nitrogens with zero attached hydrogens (tertiary/aromatic N) is 3. The van der Waals surface area contributed by atoms with E-state index in [1.807, 2.05) is 43.1 Å². The van der Waals surface area contributed by atoms with Gasteiger partial charge in [0.05, 0.1) is 5.56 Å². The van der Waals surface area contributed by atoms with Crippen molar-refractivity contribution in [3.63, 3.8) is 0 Å². The van der Waals surface area contributed by atoms with Crippen molar-refractivity contribution in [2.45, 2.75) is 46.7 Å². The highest BCUT2D eigenvalue weighted by atomic mass is 16.3. The number of amides is 1. The van der Waals surface area contributed by atoms with Crippen LogP contribution in [0.4, 0.5) is 0 Å². The number of piperidine rings is 1. The van der Waals surface area contributed by atoms with E-state index in [0.717, 1.165) is 50.3 Å². The zero-order valence-corrected chi connectivity index (χ0v) is 19.4. The molecule has 1 amide bonds. The molecule has 5 heteroatoms. The van der Waals surface area contributed by atoms with Gasteiger partial charge >= 0.3 is 0 Å². The minimum Gasteiger partial charge on any atom is -0.466 e. The Bertz CT molecular complexity index is 1040. The molecule has 4 rings (SSSR count). The summed E-state index contributed by atoms with van der Waals surface area (Å²) in [5.41, 5.74) is 4.48. The summed E-state index contributed by atoms with van der Waals surface area (Å²) in [5, 5.41) is 0. The predicted molar refractivity (Wildman–Crippen MR) is 126 cm³/mol. The molecule has 5 nitrogen and oxygen atoms in total. The highest BCUT2D eigenvalue weighted by molar-refractivity contribution is 5.95. The van der Waals surface area contributed by atoms with E-state index < -0.39 is 0 Å².